The van der Waals surface area contributed by atoms with E-state index < -0.39 is 0 Å². The van der Waals surface area contributed by atoms with Gasteiger partial charge in [-0.1, -0.05) is 36.4 Å². The van der Waals surface area contributed by atoms with E-state index in [-0.39, 0.29) is 0 Å². The first-order chi connectivity index (χ1) is 8.85. The van der Waals surface area contributed by atoms with E-state index in [1.807, 2.05) is 60.7 Å². The minimum atomic E-state index is 0.808. The summed E-state index contributed by atoms with van der Waals surface area (Å²) >= 11 is 0. The maximum Gasteiger partial charge on any atom is 0.119 e. The summed E-state index contributed by atoms with van der Waals surface area (Å²) in [5.41, 5.74) is 3.17. The Kier molecular flexibility index (Phi) is 3.78. The highest BCUT2D eigenvalue weighted by molar-refractivity contribution is 5.76. The molecule has 2 heteroatoms. The lowest BCUT2D eigenvalue weighted by Gasteiger charge is -2.08. The minimum absolute atomic E-state index is 0.808. The second-order valence-electron chi connectivity index (χ2n) is 3.78. The maximum atomic E-state index is 8.63. The van der Waals surface area contributed by atoms with E-state index in [4.69, 9.17) is 10.00 Å². The number of hydrogen-bond donors (Lipinski definition) is 0. The largest absolute Gasteiger partial charge is 0.497 e. The average molecular weight is 235 g/mol. The first-order valence-corrected chi connectivity index (χ1v) is 5.65. The summed E-state index contributed by atoms with van der Waals surface area (Å²) in [5.74, 6) is 0.808. The normalized spacial score (nSPS) is 10.2. The predicted octanol–water partition coefficient (Wildman–Crippen LogP) is 3.90. The summed E-state index contributed by atoms with van der Waals surface area (Å²) in [6.07, 6.45) is 3.29. The molecular weight excluding hydrogens is 222 g/mol. The highest BCUT2D eigenvalue weighted by Crippen LogP contribution is 2.28. The van der Waals surface area contributed by atoms with E-state index in [9.17, 15) is 0 Å². The molecule has 2 rings (SSSR count). The third-order valence-electron chi connectivity index (χ3n) is 2.68. The van der Waals surface area contributed by atoms with Crippen LogP contribution in [-0.4, -0.2) is 7.11 Å². The van der Waals surface area contributed by atoms with Crippen molar-refractivity contribution in [3.8, 4) is 22.9 Å². The van der Waals surface area contributed by atoms with Crippen molar-refractivity contribution in [1.29, 1.82) is 5.26 Å². The van der Waals surface area contributed by atoms with Gasteiger partial charge in [0.2, 0.25) is 0 Å². The summed E-state index contributed by atoms with van der Waals surface area (Å²) in [6.45, 7) is 0. The van der Waals surface area contributed by atoms with Gasteiger partial charge in [0.05, 0.1) is 13.2 Å². The first-order valence-electron chi connectivity index (χ1n) is 5.65. The lowest BCUT2D eigenvalue weighted by Crippen LogP contribution is -1.87. The van der Waals surface area contributed by atoms with Crippen LogP contribution in [0.25, 0.3) is 17.2 Å². The summed E-state index contributed by atoms with van der Waals surface area (Å²) in [7, 11) is 1.65. The fourth-order valence-electron chi connectivity index (χ4n) is 1.80. The maximum absolute atomic E-state index is 8.63. The van der Waals surface area contributed by atoms with E-state index in [0.29, 0.717) is 0 Å². The molecule has 0 spiro atoms. The molecule has 88 valence electrons. The summed E-state index contributed by atoms with van der Waals surface area (Å²) in [4.78, 5) is 0. The van der Waals surface area contributed by atoms with Gasteiger partial charge in [-0.3, -0.25) is 0 Å². The van der Waals surface area contributed by atoms with Gasteiger partial charge in [-0.2, -0.15) is 5.26 Å². The summed E-state index contributed by atoms with van der Waals surface area (Å²) in [5, 5.41) is 8.63. The van der Waals surface area contributed by atoms with E-state index in [0.717, 1.165) is 22.4 Å². The number of allylic oxidation sites excluding steroid dienone is 1. The molecule has 0 bridgehead atoms. The SMILES string of the molecule is COc1ccc(C=CC#N)c(-c2ccccc2)c1. The molecule has 2 nitrogen and oxygen atoms in total. The molecule has 0 heterocycles. The fourth-order valence-corrected chi connectivity index (χ4v) is 1.80. The van der Waals surface area contributed by atoms with Crippen molar-refractivity contribution in [3.05, 3.63) is 60.2 Å². The van der Waals surface area contributed by atoms with Crippen molar-refractivity contribution in [2.75, 3.05) is 7.11 Å². The number of methoxy groups -OCH3 is 1. The predicted molar refractivity (Wildman–Crippen MR) is 73.1 cm³/mol. The second kappa shape index (κ2) is 5.70. The van der Waals surface area contributed by atoms with Crippen molar-refractivity contribution in [2.45, 2.75) is 0 Å². The molecule has 0 unspecified atom stereocenters. The van der Waals surface area contributed by atoms with E-state index in [1.54, 1.807) is 7.11 Å². The van der Waals surface area contributed by atoms with Crippen LogP contribution in [0.1, 0.15) is 5.56 Å². The Bertz CT molecular complexity index is 594. The summed E-state index contributed by atoms with van der Waals surface area (Å²) in [6, 6.07) is 17.9. The lowest BCUT2D eigenvalue weighted by atomic mass is 9.99. The molecule has 0 saturated carbocycles. The molecule has 0 saturated heterocycles. The third kappa shape index (κ3) is 2.58. The molecule has 18 heavy (non-hydrogen) atoms. The summed E-state index contributed by atoms with van der Waals surface area (Å²) < 4.78 is 5.25. The smallest absolute Gasteiger partial charge is 0.119 e. The number of nitriles is 1. The average Bonchev–Trinajstić information content (AvgIpc) is 2.46. The number of benzene rings is 2. The van der Waals surface area contributed by atoms with Gasteiger partial charge in [0, 0.05) is 6.08 Å². The van der Waals surface area contributed by atoms with Gasteiger partial charge in [0.25, 0.3) is 0 Å². The van der Waals surface area contributed by atoms with Crippen LogP contribution >= 0.6 is 0 Å². The quantitative estimate of drug-likeness (QED) is 0.756. The Balaban J connectivity index is 2.55. The van der Waals surface area contributed by atoms with Crippen LogP contribution in [0.5, 0.6) is 5.75 Å². The zero-order valence-corrected chi connectivity index (χ0v) is 10.1. The number of nitrogens with zero attached hydrogens (tertiary/aromatic N) is 1. The molecule has 0 amide bonds. The highest BCUT2D eigenvalue weighted by atomic mass is 16.5. The Hall–Kier alpha value is -2.53. The topological polar surface area (TPSA) is 33.0 Å². The standard InChI is InChI=1S/C16H13NO/c1-18-15-10-9-14(8-5-11-17)16(12-15)13-6-3-2-4-7-13/h2-10,12H,1H3. The molecule has 0 aromatic heterocycles. The molecule has 2 aromatic carbocycles. The zero-order valence-electron chi connectivity index (χ0n) is 10.1. The van der Waals surface area contributed by atoms with Crippen molar-refractivity contribution in [2.24, 2.45) is 0 Å². The molecule has 0 fully saturated rings. The molecule has 0 N–H and O–H groups in total. The van der Waals surface area contributed by atoms with Crippen molar-refractivity contribution in [3.63, 3.8) is 0 Å². The third-order valence-corrected chi connectivity index (χ3v) is 2.68. The van der Waals surface area contributed by atoms with Crippen molar-refractivity contribution < 1.29 is 4.74 Å². The molecule has 0 radical (unpaired) electrons. The van der Waals surface area contributed by atoms with E-state index in [2.05, 4.69) is 0 Å². The van der Waals surface area contributed by atoms with Crippen LogP contribution in [0.15, 0.2) is 54.6 Å². The van der Waals surface area contributed by atoms with Crippen LogP contribution in [0.3, 0.4) is 0 Å². The van der Waals surface area contributed by atoms with Crippen molar-refractivity contribution >= 4 is 6.08 Å². The molecular formula is C16H13NO. The zero-order chi connectivity index (χ0) is 12.8. The van der Waals surface area contributed by atoms with Crippen LogP contribution in [0, 0.1) is 11.3 Å². The van der Waals surface area contributed by atoms with Gasteiger partial charge in [-0.05, 0) is 34.9 Å². The molecule has 0 aliphatic heterocycles. The van der Waals surface area contributed by atoms with Crippen molar-refractivity contribution in [1.82, 2.24) is 0 Å². The Labute approximate surface area is 107 Å². The highest BCUT2D eigenvalue weighted by Gasteiger charge is 2.04. The Morgan fingerprint density at radius 1 is 1.11 bits per heavy atom. The molecule has 0 aliphatic rings. The van der Waals surface area contributed by atoms with Crippen LogP contribution < -0.4 is 4.74 Å². The van der Waals surface area contributed by atoms with E-state index >= 15 is 0 Å². The number of rotatable bonds is 3. The van der Waals surface area contributed by atoms with Gasteiger partial charge >= 0.3 is 0 Å². The molecule has 0 aliphatic carbocycles. The monoisotopic (exact) mass is 235 g/mol. The van der Waals surface area contributed by atoms with Crippen LogP contribution in [0.4, 0.5) is 0 Å². The van der Waals surface area contributed by atoms with Crippen LogP contribution in [-0.2, 0) is 0 Å². The molecule has 2 aromatic rings. The van der Waals surface area contributed by atoms with Gasteiger partial charge in [-0.25, -0.2) is 0 Å². The number of ether oxygens (including phenoxy) is 1. The minimum Gasteiger partial charge on any atom is -0.497 e. The van der Waals surface area contributed by atoms with Gasteiger partial charge in [0.15, 0.2) is 0 Å². The van der Waals surface area contributed by atoms with Gasteiger partial charge < -0.3 is 4.74 Å². The second-order valence-corrected chi connectivity index (χ2v) is 3.78. The number of hydrogen-bond acceptors (Lipinski definition) is 2. The Morgan fingerprint density at radius 2 is 1.89 bits per heavy atom. The molecule has 0 atom stereocenters. The van der Waals surface area contributed by atoms with Gasteiger partial charge in [0.1, 0.15) is 5.75 Å². The van der Waals surface area contributed by atoms with Crippen LogP contribution in [0.2, 0.25) is 0 Å². The fraction of sp³-hybridized carbons (Fsp3) is 0.0625. The van der Waals surface area contributed by atoms with Gasteiger partial charge in [-0.15, -0.1) is 0 Å². The van der Waals surface area contributed by atoms with E-state index in [1.165, 1.54) is 6.08 Å². The lowest BCUT2D eigenvalue weighted by molar-refractivity contribution is 0.415. The first kappa shape index (κ1) is 11.9. The Morgan fingerprint density at radius 3 is 2.56 bits per heavy atom.